The van der Waals surface area contributed by atoms with Gasteiger partial charge in [0.1, 0.15) is 5.75 Å². The average molecular weight is 463 g/mol. The molecule has 1 N–H and O–H groups in total. The van der Waals surface area contributed by atoms with Crippen LogP contribution in [0.2, 0.25) is 10.0 Å². The second-order valence-corrected chi connectivity index (χ2v) is 8.09. The van der Waals surface area contributed by atoms with E-state index >= 15 is 0 Å². The van der Waals surface area contributed by atoms with Crippen LogP contribution in [-0.2, 0) is 4.79 Å². The van der Waals surface area contributed by atoms with E-state index in [0.29, 0.717) is 17.2 Å². The van der Waals surface area contributed by atoms with Crippen molar-refractivity contribution in [3.63, 3.8) is 0 Å². The van der Waals surface area contributed by atoms with E-state index in [0.717, 1.165) is 18.4 Å². The minimum atomic E-state index is -0.569. The molecule has 166 valence electrons. The summed E-state index contributed by atoms with van der Waals surface area (Å²) in [5.74, 6) is -0.285. The third kappa shape index (κ3) is 9.53. The van der Waals surface area contributed by atoms with Gasteiger partial charge < -0.3 is 4.74 Å². The molecule has 1 amide bonds. The molecule has 2 aromatic rings. The Bertz CT molecular complexity index is 883. The summed E-state index contributed by atoms with van der Waals surface area (Å²) in [6, 6.07) is 11.3. The molecule has 0 saturated heterocycles. The average Bonchev–Trinajstić information content (AvgIpc) is 2.74. The number of hydrogen-bond acceptors (Lipinski definition) is 4. The number of nitrogens with zero attached hydrogens (tertiary/aromatic N) is 1. The second-order valence-electron chi connectivity index (χ2n) is 7.25. The third-order valence-electron chi connectivity index (χ3n) is 4.65. The van der Waals surface area contributed by atoms with Crippen LogP contribution in [0.3, 0.4) is 0 Å². The number of esters is 1. The molecule has 0 bridgehead atoms. The van der Waals surface area contributed by atoms with Gasteiger partial charge in [-0.3, -0.25) is 4.79 Å². The lowest BCUT2D eigenvalue weighted by Gasteiger charge is -2.06. The highest BCUT2D eigenvalue weighted by Crippen LogP contribution is 2.23. The van der Waals surface area contributed by atoms with Crippen LogP contribution in [0.4, 0.5) is 0 Å². The Hall–Kier alpha value is -2.37. The predicted molar refractivity (Wildman–Crippen MR) is 126 cm³/mol. The number of carbonyl (C=O) groups is 2. The number of unbranched alkanes of at least 4 members (excludes halogenated alkanes) is 6. The summed E-state index contributed by atoms with van der Waals surface area (Å²) in [5.41, 5.74) is 3.54. The minimum absolute atomic E-state index is 0.0878. The van der Waals surface area contributed by atoms with Crippen molar-refractivity contribution in [2.75, 3.05) is 0 Å². The third-order valence-corrected chi connectivity index (χ3v) is 5.20. The standard InChI is InChI=1S/C24H28Cl2N2O3/c1-2-3-4-5-6-7-8-9-23(29)28-27-17-18-10-13-20(14-11-18)31-24(30)21-15-12-19(25)16-22(21)26/h10-17H,2-9H2,1H3,(H,28,29)/b27-17-. The second kappa shape index (κ2) is 13.8. The van der Waals surface area contributed by atoms with Crippen molar-refractivity contribution in [2.24, 2.45) is 5.10 Å². The molecule has 5 nitrogen and oxygen atoms in total. The van der Waals surface area contributed by atoms with Gasteiger partial charge in [0.05, 0.1) is 16.8 Å². The van der Waals surface area contributed by atoms with Crippen molar-refractivity contribution in [1.29, 1.82) is 0 Å². The van der Waals surface area contributed by atoms with Crippen LogP contribution in [0.1, 0.15) is 74.2 Å². The van der Waals surface area contributed by atoms with E-state index in [9.17, 15) is 9.59 Å². The molecule has 0 fully saturated rings. The Labute approximate surface area is 193 Å². The van der Waals surface area contributed by atoms with Crippen molar-refractivity contribution in [3.05, 3.63) is 63.6 Å². The van der Waals surface area contributed by atoms with Crippen LogP contribution in [0.15, 0.2) is 47.6 Å². The van der Waals surface area contributed by atoms with Crippen molar-refractivity contribution in [3.8, 4) is 5.75 Å². The normalized spacial score (nSPS) is 10.9. The van der Waals surface area contributed by atoms with E-state index in [4.69, 9.17) is 27.9 Å². The molecule has 0 spiro atoms. The highest BCUT2D eigenvalue weighted by atomic mass is 35.5. The molecule has 31 heavy (non-hydrogen) atoms. The number of benzene rings is 2. The van der Waals surface area contributed by atoms with Crippen LogP contribution < -0.4 is 10.2 Å². The number of hydrazone groups is 1. The van der Waals surface area contributed by atoms with Crippen molar-refractivity contribution >= 4 is 41.3 Å². The van der Waals surface area contributed by atoms with Crippen LogP contribution in [0.25, 0.3) is 0 Å². The maximum absolute atomic E-state index is 12.2. The van der Waals surface area contributed by atoms with E-state index in [1.165, 1.54) is 44.2 Å². The van der Waals surface area contributed by atoms with Crippen LogP contribution in [0.5, 0.6) is 5.75 Å². The summed E-state index contributed by atoms with van der Waals surface area (Å²) in [6.07, 6.45) is 10.2. The zero-order chi connectivity index (χ0) is 22.5. The molecule has 0 aliphatic heterocycles. The van der Waals surface area contributed by atoms with Gasteiger partial charge in [-0.1, -0.05) is 68.7 Å². The maximum atomic E-state index is 12.2. The summed E-state index contributed by atoms with van der Waals surface area (Å²) in [6.45, 7) is 2.20. The Morgan fingerprint density at radius 1 is 0.968 bits per heavy atom. The largest absolute Gasteiger partial charge is 0.423 e. The summed E-state index contributed by atoms with van der Waals surface area (Å²) >= 11 is 11.9. The van der Waals surface area contributed by atoms with Gasteiger partial charge in [0, 0.05) is 11.4 Å². The first-order valence-corrected chi connectivity index (χ1v) is 11.3. The fraction of sp³-hybridized carbons (Fsp3) is 0.375. The van der Waals surface area contributed by atoms with Crippen LogP contribution in [-0.4, -0.2) is 18.1 Å². The first-order chi connectivity index (χ1) is 15.0. The minimum Gasteiger partial charge on any atom is -0.423 e. The quantitative estimate of drug-likeness (QED) is 0.124. The predicted octanol–water partition coefficient (Wildman–Crippen LogP) is 6.80. The zero-order valence-corrected chi connectivity index (χ0v) is 19.2. The smallest absolute Gasteiger partial charge is 0.345 e. The van der Waals surface area contributed by atoms with E-state index < -0.39 is 5.97 Å². The highest BCUT2D eigenvalue weighted by Gasteiger charge is 2.13. The molecule has 2 rings (SSSR count). The molecule has 0 aliphatic rings. The van der Waals surface area contributed by atoms with Crippen LogP contribution in [0, 0.1) is 0 Å². The summed E-state index contributed by atoms with van der Waals surface area (Å²) < 4.78 is 5.32. The summed E-state index contributed by atoms with van der Waals surface area (Å²) in [5, 5.41) is 4.65. The van der Waals surface area contributed by atoms with Gasteiger partial charge in [-0.05, 0) is 54.4 Å². The highest BCUT2D eigenvalue weighted by molar-refractivity contribution is 6.36. The molecular formula is C24H28Cl2N2O3. The van der Waals surface area contributed by atoms with Gasteiger partial charge in [0.2, 0.25) is 5.91 Å². The van der Waals surface area contributed by atoms with Crippen molar-refractivity contribution in [2.45, 2.75) is 58.3 Å². The van der Waals surface area contributed by atoms with Gasteiger partial charge >= 0.3 is 5.97 Å². The summed E-state index contributed by atoms with van der Waals surface area (Å²) in [4.78, 5) is 24.1. The molecular weight excluding hydrogens is 435 g/mol. The lowest BCUT2D eigenvalue weighted by atomic mass is 10.1. The van der Waals surface area contributed by atoms with Crippen molar-refractivity contribution < 1.29 is 14.3 Å². The zero-order valence-electron chi connectivity index (χ0n) is 17.7. The molecule has 2 aromatic carbocycles. The van der Waals surface area contributed by atoms with Gasteiger partial charge in [0.25, 0.3) is 0 Å². The Kier molecular flexibility index (Phi) is 11.1. The lowest BCUT2D eigenvalue weighted by molar-refractivity contribution is -0.121. The number of hydrogen-bond donors (Lipinski definition) is 1. The van der Waals surface area contributed by atoms with Gasteiger partial charge in [-0.15, -0.1) is 0 Å². The number of carbonyl (C=O) groups excluding carboxylic acids is 2. The van der Waals surface area contributed by atoms with E-state index in [1.807, 2.05) is 0 Å². The van der Waals surface area contributed by atoms with E-state index in [1.54, 1.807) is 36.5 Å². The molecule has 0 aromatic heterocycles. The molecule has 0 aliphatic carbocycles. The molecule has 0 atom stereocenters. The number of rotatable bonds is 12. The Balaban J connectivity index is 1.72. The first-order valence-electron chi connectivity index (χ1n) is 10.6. The monoisotopic (exact) mass is 462 g/mol. The summed E-state index contributed by atoms with van der Waals surface area (Å²) in [7, 11) is 0. The van der Waals surface area contributed by atoms with Crippen molar-refractivity contribution in [1.82, 2.24) is 5.43 Å². The number of halogens is 2. The molecule has 0 saturated carbocycles. The number of nitrogens with one attached hydrogen (secondary N) is 1. The van der Waals surface area contributed by atoms with Crippen LogP contribution >= 0.6 is 23.2 Å². The fourth-order valence-corrected chi connectivity index (χ4v) is 3.40. The Morgan fingerprint density at radius 2 is 1.65 bits per heavy atom. The SMILES string of the molecule is CCCCCCCCCC(=O)N/N=C\c1ccc(OC(=O)c2ccc(Cl)cc2Cl)cc1. The van der Waals surface area contributed by atoms with E-state index in [-0.39, 0.29) is 16.5 Å². The Morgan fingerprint density at radius 3 is 2.32 bits per heavy atom. The topological polar surface area (TPSA) is 67.8 Å². The lowest BCUT2D eigenvalue weighted by Crippen LogP contribution is -2.16. The van der Waals surface area contributed by atoms with Gasteiger partial charge in [-0.2, -0.15) is 5.10 Å². The van der Waals surface area contributed by atoms with E-state index in [2.05, 4.69) is 17.5 Å². The number of ether oxygens (including phenoxy) is 1. The number of amides is 1. The molecule has 0 heterocycles. The molecule has 7 heteroatoms. The first kappa shape index (κ1) is 24.9. The molecule has 0 unspecified atom stereocenters. The fourth-order valence-electron chi connectivity index (χ4n) is 2.92. The molecule has 0 radical (unpaired) electrons. The van der Waals surface area contributed by atoms with Gasteiger partial charge in [0.15, 0.2) is 0 Å². The maximum Gasteiger partial charge on any atom is 0.345 e. The van der Waals surface area contributed by atoms with Gasteiger partial charge in [-0.25, -0.2) is 10.2 Å².